The molecule has 0 unspecified atom stereocenters. The van der Waals surface area contributed by atoms with Crippen LogP contribution in [0, 0.1) is 62.6 Å². The van der Waals surface area contributed by atoms with Crippen molar-refractivity contribution in [2.75, 3.05) is 7.11 Å². The van der Waals surface area contributed by atoms with E-state index in [1.54, 1.807) is 0 Å². The number of nitriles is 1. The third-order valence-corrected chi connectivity index (χ3v) is 12.8. The normalized spacial score (nSPS) is 47.2. The molecule has 9 atom stereocenters. The number of methoxy groups -OCH3 is 1. The Bertz CT molecular complexity index is 1210. The van der Waals surface area contributed by atoms with Crippen molar-refractivity contribution in [3.05, 3.63) is 23.3 Å². The van der Waals surface area contributed by atoms with Gasteiger partial charge in [-0.05, 0) is 79.1 Å². The summed E-state index contributed by atoms with van der Waals surface area (Å²) in [4.78, 5) is 40.3. The van der Waals surface area contributed by atoms with Crippen LogP contribution < -0.4 is 5.32 Å². The molecule has 5 aliphatic rings. The molecule has 6 nitrogen and oxygen atoms in total. The van der Waals surface area contributed by atoms with Crippen molar-refractivity contribution in [3.63, 3.8) is 0 Å². The highest BCUT2D eigenvalue weighted by Crippen LogP contribution is 2.73. The zero-order chi connectivity index (χ0) is 28.1. The van der Waals surface area contributed by atoms with Gasteiger partial charge in [-0.3, -0.25) is 9.59 Å². The first kappa shape index (κ1) is 27.2. The lowest BCUT2D eigenvalue weighted by Crippen LogP contribution is -2.70. The van der Waals surface area contributed by atoms with Crippen molar-refractivity contribution in [1.29, 1.82) is 5.26 Å². The minimum Gasteiger partial charge on any atom is -0.453 e. The molecule has 5 aliphatic carbocycles. The Hall–Kier alpha value is -2.42. The van der Waals surface area contributed by atoms with Crippen LogP contribution in [0.5, 0.6) is 0 Å². The third-order valence-electron chi connectivity index (χ3n) is 12.8. The summed E-state index contributed by atoms with van der Waals surface area (Å²) in [5, 5.41) is 13.1. The van der Waals surface area contributed by atoms with Gasteiger partial charge >= 0.3 is 6.09 Å². The Morgan fingerprint density at radius 3 is 2.37 bits per heavy atom. The van der Waals surface area contributed by atoms with E-state index >= 15 is 0 Å². The largest absolute Gasteiger partial charge is 0.453 e. The van der Waals surface area contributed by atoms with Crippen LogP contribution in [0.4, 0.5) is 4.79 Å². The van der Waals surface area contributed by atoms with E-state index < -0.39 is 22.5 Å². The SMILES string of the molecule is COC(=O)N[C@]12CC[C@@H](C)[C@H](C)[C@H]1[C@H]1C(=O)C=C3[C@@]4(C)C=C(C#N)C(=O)C(C)(C)[C@@H]4CC[C@@]3(C)[C@]1(C)CC2. The number of hydrogen-bond acceptors (Lipinski definition) is 5. The molecule has 38 heavy (non-hydrogen) atoms. The summed E-state index contributed by atoms with van der Waals surface area (Å²) >= 11 is 0. The Kier molecular flexibility index (Phi) is 5.93. The molecular formula is C32H44N2O4. The summed E-state index contributed by atoms with van der Waals surface area (Å²) in [5.74, 6) is 0.634. The molecule has 206 valence electrons. The quantitative estimate of drug-likeness (QED) is 0.446. The molecule has 0 saturated heterocycles. The van der Waals surface area contributed by atoms with Gasteiger partial charge in [0.15, 0.2) is 11.6 Å². The van der Waals surface area contributed by atoms with E-state index in [9.17, 15) is 19.6 Å². The summed E-state index contributed by atoms with van der Waals surface area (Å²) in [6, 6.07) is 2.18. The minimum absolute atomic E-state index is 0.0198. The summed E-state index contributed by atoms with van der Waals surface area (Å²) in [6.45, 7) is 15.3. The highest BCUT2D eigenvalue weighted by atomic mass is 16.5. The van der Waals surface area contributed by atoms with Crippen molar-refractivity contribution in [3.8, 4) is 6.07 Å². The highest BCUT2D eigenvalue weighted by Gasteiger charge is 2.70. The van der Waals surface area contributed by atoms with Crippen LogP contribution in [0.2, 0.25) is 0 Å². The van der Waals surface area contributed by atoms with Crippen molar-refractivity contribution in [1.82, 2.24) is 5.32 Å². The van der Waals surface area contributed by atoms with Crippen LogP contribution in [0.25, 0.3) is 0 Å². The van der Waals surface area contributed by atoms with Gasteiger partial charge in [-0.15, -0.1) is 0 Å². The number of ether oxygens (including phenoxy) is 1. The monoisotopic (exact) mass is 520 g/mol. The highest BCUT2D eigenvalue weighted by molar-refractivity contribution is 6.04. The number of fused-ring (bicyclic) bond motifs is 7. The van der Waals surface area contributed by atoms with E-state index in [0.717, 1.165) is 44.1 Å². The zero-order valence-electron chi connectivity index (χ0n) is 24.4. The number of carbonyl (C=O) groups is 3. The van der Waals surface area contributed by atoms with E-state index in [-0.39, 0.29) is 51.6 Å². The lowest BCUT2D eigenvalue weighted by molar-refractivity contribution is -0.165. The number of Topliss-reactive ketones (excluding diaryl/α,β-unsaturated/α-hetero) is 1. The number of nitrogens with zero attached hydrogens (tertiary/aromatic N) is 1. The fourth-order valence-electron chi connectivity index (χ4n) is 10.3. The Morgan fingerprint density at radius 1 is 1.05 bits per heavy atom. The van der Waals surface area contributed by atoms with Gasteiger partial charge in [0.25, 0.3) is 0 Å². The van der Waals surface area contributed by atoms with Gasteiger partial charge in [-0.2, -0.15) is 5.26 Å². The predicted octanol–water partition coefficient (Wildman–Crippen LogP) is 6.17. The summed E-state index contributed by atoms with van der Waals surface area (Å²) in [5.41, 5.74) is -0.898. The molecule has 6 heteroatoms. The number of ketones is 2. The number of allylic oxidation sites excluding steroid dienone is 4. The molecule has 0 bridgehead atoms. The first-order valence-corrected chi connectivity index (χ1v) is 14.4. The molecule has 3 fully saturated rings. The number of carbonyl (C=O) groups excluding carboxylic acids is 3. The zero-order valence-corrected chi connectivity index (χ0v) is 24.4. The van der Waals surface area contributed by atoms with Gasteiger partial charge < -0.3 is 10.1 Å². The first-order valence-electron chi connectivity index (χ1n) is 14.4. The van der Waals surface area contributed by atoms with Gasteiger partial charge in [0, 0.05) is 22.3 Å². The van der Waals surface area contributed by atoms with Crippen molar-refractivity contribution < 1.29 is 19.1 Å². The van der Waals surface area contributed by atoms with Gasteiger partial charge in [-0.1, -0.05) is 60.1 Å². The van der Waals surface area contributed by atoms with Gasteiger partial charge in [0.1, 0.15) is 6.07 Å². The topological polar surface area (TPSA) is 96.3 Å². The minimum atomic E-state index is -0.670. The fraction of sp³-hybridized carbons (Fsp3) is 0.750. The maximum absolute atomic E-state index is 14.5. The van der Waals surface area contributed by atoms with Crippen LogP contribution in [0.15, 0.2) is 23.3 Å². The van der Waals surface area contributed by atoms with Gasteiger partial charge in [0.05, 0.1) is 12.7 Å². The van der Waals surface area contributed by atoms with Crippen LogP contribution >= 0.6 is 0 Å². The summed E-state index contributed by atoms with van der Waals surface area (Å²) < 4.78 is 5.07. The van der Waals surface area contributed by atoms with E-state index in [1.165, 1.54) is 7.11 Å². The molecule has 3 saturated carbocycles. The third kappa shape index (κ3) is 3.20. The Balaban J connectivity index is 1.69. The van der Waals surface area contributed by atoms with E-state index in [4.69, 9.17) is 4.74 Å². The van der Waals surface area contributed by atoms with Crippen LogP contribution in [0.1, 0.15) is 87.0 Å². The molecular weight excluding hydrogens is 476 g/mol. The lowest BCUT2D eigenvalue weighted by Gasteiger charge is -2.69. The Morgan fingerprint density at radius 2 is 1.74 bits per heavy atom. The molecule has 1 N–H and O–H groups in total. The van der Waals surface area contributed by atoms with Crippen molar-refractivity contribution >= 4 is 17.7 Å². The van der Waals surface area contributed by atoms with Crippen LogP contribution in [-0.2, 0) is 14.3 Å². The average molecular weight is 521 g/mol. The molecule has 1 amide bonds. The fourth-order valence-corrected chi connectivity index (χ4v) is 10.3. The first-order chi connectivity index (χ1) is 17.6. The second-order valence-corrected chi connectivity index (χ2v) is 14.5. The molecule has 5 rings (SSSR count). The molecule has 0 radical (unpaired) electrons. The lowest BCUT2D eigenvalue weighted by atomic mass is 9.34. The molecule has 0 heterocycles. The van der Waals surface area contributed by atoms with E-state index in [1.807, 2.05) is 26.0 Å². The molecule has 0 aliphatic heterocycles. The standard InChI is InChI=1S/C32H44N2O4/c1-18-9-12-32(34-27(37)38-8)14-13-31(7)25(24(32)19(18)2)21(35)15-23-29(5)16-20(17-33)26(36)28(3,4)22(29)10-11-30(23,31)6/h15-16,18-19,22,24-25H,9-14H2,1-8H3,(H,34,37)/t18-,19+,22+,24+,25-,29+,30-,31-,32+/m1/s1. The van der Waals surface area contributed by atoms with Crippen molar-refractivity contribution in [2.45, 2.75) is 92.5 Å². The Labute approximate surface area is 227 Å². The van der Waals surface area contributed by atoms with Gasteiger partial charge in [0.2, 0.25) is 0 Å². The second kappa shape index (κ2) is 8.29. The smallest absolute Gasteiger partial charge is 0.407 e. The van der Waals surface area contributed by atoms with Crippen LogP contribution in [0.3, 0.4) is 0 Å². The summed E-state index contributed by atoms with van der Waals surface area (Å²) in [7, 11) is 1.41. The van der Waals surface area contributed by atoms with Gasteiger partial charge in [-0.25, -0.2) is 4.79 Å². The maximum Gasteiger partial charge on any atom is 0.407 e. The number of nitrogens with one attached hydrogen (secondary N) is 1. The molecule has 0 aromatic rings. The summed E-state index contributed by atoms with van der Waals surface area (Å²) in [6.07, 6.45) is 8.68. The number of amides is 1. The molecule has 0 aromatic heterocycles. The molecule has 0 spiro atoms. The number of rotatable bonds is 1. The number of hydrogen-bond donors (Lipinski definition) is 1. The van der Waals surface area contributed by atoms with E-state index in [2.05, 4.69) is 46.0 Å². The number of alkyl carbamates (subject to hydrolysis) is 1. The maximum atomic E-state index is 14.5. The van der Waals surface area contributed by atoms with Crippen LogP contribution in [-0.4, -0.2) is 30.3 Å². The predicted molar refractivity (Wildman–Crippen MR) is 145 cm³/mol. The van der Waals surface area contributed by atoms with E-state index in [0.29, 0.717) is 5.92 Å². The average Bonchev–Trinajstić information content (AvgIpc) is 2.86. The second-order valence-electron chi connectivity index (χ2n) is 14.5. The molecule has 0 aromatic carbocycles. The van der Waals surface area contributed by atoms with Crippen molar-refractivity contribution in [2.24, 2.45) is 51.2 Å².